The predicted molar refractivity (Wildman–Crippen MR) is 115 cm³/mol. The highest BCUT2D eigenvalue weighted by atomic mass is 15.2. The highest BCUT2D eigenvalue weighted by Gasteiger charge is 2.28. The zero-order valence-electron chi connectivity index (χ0n) is 16.4. The minimum Gasteiger partial charge on any atom is -0.382 e. The van der Waals surface area contributed by atoms with Crippen LogP contribution in [0.2, 0.25) is 0 Å². The minimum absolute atomic E-state index is 0.468. The number of aryl methyl sites for hydroxylation is 2. The number of hydrogen-bond acceptors (Lipinski definition) is 7. The topological polar surface area (TPSA) is 92.8 Å². The second kappa shape index (κ2) is 7.66. The van der Waals surface area contributed by atoms with Gasteiger partial charge in [-0.2, -0.15) is 0 Å². The van der Waals surface area contributed by atoms with Crippen LogP contribution in [0.3, 0.4) is 0 Å². The highest BCUT2D eigenvalue weighted by molar-refractivity contribution is 5.74. The fraction of sp³-hybridized carbons (Fsp3) is 0.364. The Hall–Kier alpha value is -3.22. The van der Waals surface area contributed by atoms with Gasteiger partial charge in [0, 0.05) is 42.8 Å². The molecule has 0 spiro atoms. The molecule has 148 valence electrons. The molecule has 0 saturated carbocycles. The van der Waals surface area contributed by atoms with Crippen molar-refractivity contribution in [3.05, 3.63) is 54.2 Å². The molecule has 1 atom stereocenters. The van der Waals surface area contributed by atoms with Gasteiger partial charge < -0.3 is 16.0 Å². The largest absolute Gasteiger partial charge is 0.382 e. The molecule has 2 aliphatic rings. The summed E-state index contributed by atoms with van der Waals surface area (Å²) in [5, 5.41) is 3.62. The van der Waals surface area contributed by atoms with Gasteiger partial charge in [0.25, 0.3) is 0 Å². The maximum atomic E-state index is 5.70. The van der Waals surface area contributed by atoms with Gasteiger partial charge in [0.15, 0.2) is 5.82 Å². The first kappa shape index (κ1) is 17.8. The highest BCUT2D eigenvalue weighted by Crippen LogP contribution is 2.35. The predicted octanol–water partition coefficient (Wildman–Crippen LogP) is 3.09. The molecule has 0 aromatic carbocycles. The first-order valence-electron chi connectivity index (χ1n) is 10.3. The fourth-order valence-corrected chi connectivity index (χ4v) is 4.25. The number of anilines is 3. The summed E-state index contributed by atoms with van der Waals surface area (Å²) in [5.41, 5.74) is 11.0. The smallest absolute Gasteiger partial charge is 0.150 e. The summed E-state index contributed by atoms with van der Waals surface area (Å²) in [6.07, 6.45) is 10.3. The molecule has 1 fully saturated rings. The molecule has 3 N–H and O–H groups in total. The van der Waals surface area contributed by atoms with Crippen LogP contribution < -0.4 is 16.0 Å². The molecule has 3 aromatic heterocycles. The van der Waals surface area contributed by atoms with Gasteiger partial charge in [0.05, 0.1) is 23.3 Å². The lowest BCUT2D eigenvalue weighted by atomic mass is 10.0. The maximum Gasteiger partial charge on any atom is 0.150 e. The SMILES string of the molecule is Nc1cncc(CCCc2cc(-c3ccc4c(n3)N[C@H]3CCCN4C3)ccn2)n1. The van der Waals surface area contributed by atoms with Crippen molar-refractivity contribution >= 4 is 17.3 Å². The third-order valence-electron chi connectivity index (χ3n) is 5.66. The Morgan fingerprint density at radius 1 is 1.10 bits per heavy atom. The Bertz CT molecular complexity index is 1020. The third-order valence-corrected chi connectivity index (χ3v) is 5.66. The molecule has 0 amide bonds. The number of hydrogen-bond donors (Lipinski definition) is 2. The van der Waals surface area contributed by atoms with E-state index >= 15 is 0 Å². The number of nitrogens with one attached hydrogen (secondary N) is 1. The van der Waals surface area contributed by atoms with Gasteiger partial charge in [-0.25, -0.2) is 9.97 Å². The molecule has 0 radical (unpaired) electrons. The number of rotatable bonds is 5. The van der Waals surface area contributed by atoms with E-state index in [4.69, 9.17) is 10.7 Å². The van der Waals surface area contributed by atoms with Crippen molar-refractivity contribution in [3.8, 4) is 11.3 Å². The van der Waals surface area contributed by atoms with Crippen molar-refractivity contribution in [1.29, 1.82) is 0 Å². The normalized spacial score (nSPS) is 17.5. The maximum absolute atomic E-state index is 5.70. The summed E-state index contributed by atoms with van der Waals surface area (Å²) < 4.78 is 0. The summed E-state index contributed by atoms with van der Waals surface area (Å²) in [6, 6.07) is 9.01. The van der Waals surface area contributed by atoms with E-state index in [0.717, 1.165) is 60.8 Å². The molecule has 0 aliphatic carbocycles. The van der Waals surface area contributed by atoms with Crippen molar-refractivity contribution in [2.24, 2.45) is 0 Å². The average Bonchev–Trinajstić information content (AvgIpc) is 2.74. The van der Waals surface area contributed by atoms with E-state index in [0.29, 0.717) is 11.9 Å². The van der Waals surface area contributed by atoms with Crippen LogP contribution >= 0.6 is 0 Å². The van der Waals surface area contributed by atoms with Crippen LogP contribution in [0.15, 0.2) is 42.9 Å². The zero-order valence-corrected chi connectivity index (χ0v) is 16.4. The quantitative estimate of drug-likeness (QED) is 0.695. The number of nitrogens with two attached hydrogens (primary N) is 1. The van der Waals surface area contributed by atoms with E-state index < -0.39 is 0 Å². The van der Waals surface area contributed by atoms with Crippen LogP contribution in [-0.2, 0) is 12.8 Å². The van der Waals surface area contributed by atoms with Gasteiger partial charge >= 0.3 is 0 Å². The second-order valence-corrected chi connectivity index (χ2v) is 7.82. The van der Waals surface area contributed by atoms with Crippen LogP contribution in [0.1, 0.15) is 30.7 Å². The van der Waals surface area contributed by atoms with E-state index in [-0.39, 0.29) is 0 Å². The molecule has 5 rings (SSSR count). The van der Waals surface area contributed by atoms with Crippen molar-refractivity contribution < 1.29 is 0 Å². The first-order chi connectivity index (χ1) is 14.2. The van der Waals surface area contributed by atoms with Gasteiger partial charge in [0.2, 0.25) is 0 Å². The van der Waals surface area contributed by atoms with Crippen molar-refractivity contribution in [2.45, 2.75) is 38.1 Å². The standard InChI is InChI=1S/C22H25N7/c23-21-13-24-12-17(26-21)4-1-3-16-11-15(8-9-25-16)19-6-7-20-22(28-19)27-18-5-2-10-29(20)14-18/h6-9,11-13,18H,1-5,10,14H2,(H2,23,26)(H,27,28)/t18-/m0/s1. The lowest BCUT2D eigenvalue weighted by Crippen LogP contribution is -2.46. The fourth-order valence-electron chi connectivity index (χ4n) is 4.25. The van der Waals surface area contributed by atoms with Gasteiger partial charge in [-0.1, -0.05) is 0 Å². The molecule has 7 heteroatoms. The van der Waals surface area contributed by atoms with Crippen LogP contribution in [0.4, 0.5) is 17.3 Å². The molecule has 0 unspecified atom stereocenters. The van der Waals surface area contributed by atoms with Gasteiger partial charge in [0.1, 0.15) is 5.82 Å². The van der Waals surface area contributed by atoms with Crippen LogP contribution in [0.25, 0.3) is 11.3 Å². The van der Waals surface area contributed by atoms with Gasteiger partial charge in [-0.15, -0.1) is 0 Å². The number of pyridine rings is 2. The molecule has 2 aliphatic heterocycles. The Morgan fingerprint density at radius 2 is 2.03 bits per heavy atom. The van der Waals surface area contributed by atoms with E-state index in [9.17, 15) is 0 Å². The molecule has 1 saturated heterocycles. The van der Waals surface area contributed by atoms with Crippen LogP contribution in [0, 0.1) is 0 Å². The van der Waals surface area contributed by atoms with E-state index in [1.165, 1.54) is 18.5 Å². The average molecular weight is 387 g/mol. The number of nitrogens with zero attached hydrogens (tertiary/aromatic N) is 5. The van der Waals surface area contributed by atoms with Crippen LogP contribution in [-0.4, -0.2) is 39.1 Å². The Kier molecular flexibility index (Phi) is 4.71. The van der Waals surface area contributed by atoms with Crippen LogP contribution in [0.5, 0.6) is 0 Å². The molecular formula is C22H25N7. The van der Waals surface area contributed by atoms with Crippen molar-refractivity contribution in [3.63, 3.8) is 0 Å². The number of aromatic nitrogens is 4. The Labute approximate surface area is 170 Å². The molecule has 2 bridgehead atoms. The second-order valence-electron chi connectivity index (χ2n) is 7.82. The number of piperidine rings is 1. The Morgan fingerprint density at radius 3 is 2.97 bits per heavy atom. The monoisotopic (exact) mass is 387 g/mol. The van der Waals surface area contributed by atoms with E-state index in [2.05, 4.69) is 43.4 Å². The lowest BCUT2D eigenvalue weighted by molar-refractivity contribution is 0.516. The first-order valence-corrected chi connectivity index (χ1v) is 10.3. The van der Waals surface area contributed by atoms with Crippen molar-refractivity contribution in [2.75, 3.05) is 29.0 Å². The molecule has 5 heterocycles. The molecular weight excluding hydrogens is 362 g/mol. The van der Waals surface area contributed by atoms with Gasteiger partial charge in [-0.3, -0.25) is 9.97 Å². The van der Waals surface area contributed by atoms with E-state index in [1.54, 1.807) is 12.4 Å². The summed E-state index contributed by atoms with van der Waals surface area (Å²) in [7, 11) is 0. The molecule has 3 aromatic rings. The summed E-state index contributed by atoms with van der Waals surface area (Å²) in [6.45, 7) is 2.22. The Balaban J connectivity index is 1.30. The van der Waals surface area contributed by atoms with E-state index in [1.807, 2.05) is 12.3 Å². The minimum atomic E-state index is 0.468. The summed E-state index contributed by atoms with van der Waals surface area (Å²) in [4.78, 5) is 20.3. The van der Waals surface area contributed by atoms with Gasteiger partial charge in [-0.05, 0) is 56.4 Å². The summed E-state index contributed by atoms with van der Waals surface area (Å²) >= 11 is 0. The zero-order chi connectivity index (χ0) is 19.6. The lowest BCUT2D eigenvalue weighted by Gasteiger charge is -2.40. The summed E-state index contributed by atoms with van der Waals surface area (Å²) in [5.74, 6) is 1.48. The van der Waals surface area contributed by atoms with Crippen molar-refractivity contribution in [1.82, 2.24) is 19.9 Å². The number of fused-ring (bicyclic) bond motifs is 4. The molecule has 7 nitrogen and oxygen atoms in total. The molecule has 29 heavy (non-hydrogen) atoms. The third kappa shape index (κ3) is 3.85. The number of nitrogen functional groups attached to an aromatic ring is 1.